The molecule has 1 aromatic rings. The summed E-state index contributed by atoms with van der Waals surface area (Å²) in [7, 11) is 1.51. The predicted molar refractivity (Wildman–Crippen MR) is 71.4 cm³/mol. The lowest BCUT2D eigenvalue weighted by atomic mass is 10.2. The van der Waals surface area contributed by atoms with Gasteiger partial charge in [0.25, 0.3) is 0 Å². The molecule has 0 spiro atoms. The van der Waals surface area contributed by atoms with Crippen molar-refractivity contribution in [2.75, 3.05) is 20.3 Å². The van der Waals surface area contributed by atoms with E-state index in [9.17, 15) is 4.79 Å². The average Bonchev–Trinajstić information content (AvgIpc) is 2.37. The van der Waals surface area contributed by atoms with E-state index in [2.05, 4.69) is 5.32 Å². The molecule has 4 nitrogen and oxygen atoms in total. The number of hydrogen-bond acceptors (Lipinski definition) is 3. The molecule has 1 aromatic carbocycles. The van der Waals surface area contributed by atoms with Crippen LogP contribution in [0.15, 0.2) is 30.3 Å². The molecule has 18 heavy (non-hydrogen) atoms. The number of methoxy groups -OCH3 is 1. The summed E-state index contributed by atoms with van der Waals surface area (Å²) in [6.07, 6.45) is 3.00. The summed E-state index contributed by atoms with van der Waals surface area (Å²) in [5, 5.41) is 12.2. The standard InChI is InChI=1S/C13H16ClNO3/c1-18-9-11(8-16)15-13(17)7-6-10-4-2-3-5-12(10)14/h2-7,11,16H,8-9H2,1H3,(H,15,17)/b7-6+. The van der Waals surface area contributed by atoms with Crippen LogP contribution in [0.3, 0.4) is 0 Å². The number of amides is 1. The summed E-state index contributed by atoms with van der Waals surface area (Å²) in [6, 6.07) is 6.81. The van der Waals surface area contributed by atoms with Gasteiger partial charge < -0.3 is 15.2 Å². The van der Waals surface area contributed by atoms with E-state index in [4.69, 9.17) is 21.4 Å². The van der Waals surface area contributed by atoms with Crippen molar-refractivity contribution in [3.05, 3.63) is 40.9 Å². The minimum Gasteiger partial charge on any atom is -0.394 e. The van der Waals surface area contributed by atoms with E-state index in [1.807, 2.05) is 18.2 Å². The zero-order valence-corrected chi connectivity index (χ0v) is 10.9. The Morgan fingerprint density at radius 2 is 2.28 bits per heavy atom. The first kappa shape index (κ1) is 14.7. The number of ether oxygens (including phenoxy) is 1. The van der Waals surface area contributed by atoms with Gasteiger partial charge in [-0.3, -0.25) is 4.79 Å². The second-order valence-electron chi connectivity index (χ2n) is 3.70. The molecule has 1 unspecified atom stereocenters. The van der Waals surface area contributed by atoms with Gasteiger partial charge in [-0.15, -0.1) is 0 Å². The van der Waals surface area contributed by atoms with Crippen molar-refractivity contribution in [3.8, 4) is 0 Å². The van der Waals surface area contributed by atoms with Crippen LogP contribution in [0.5, 0.6) is 0 Å². The van der Waals surface area contributed by atoms with Crippen LogP contribution >= 0.6 is 11.6 Å². The van der Waals surface area contributed by atoms with Crippen LogP contribution in [0, 0.1) is 0 Å². The summed E-state index contributed by atoms with van der Waals surface area (Å²) < 4.78 is 4.86. The molecule has 2 N–H and O–H groups in total. The summed E-state index contributed by atoms with van der Waals surface area (Å²) in [4.78, 5) is 11.6. The van der Waals surface area contributed by atoms with E-state index in [0.29, 0.717) is 5.02 Å². The fourth-order valence-corrected chi connectivity index (χ4v) is 1.56. The minimum absolute atomic E-state index is 0.167. The van der Waals surface area contributed by atoms with Gasteiger partial charge in [-0.2, -0.15) is 0 Å². The van der Waals surface area contributed by atoms with Gasteiger partial charge in [0.15, 0.2) is 0 Å². The largest absolute Gasteiger partial charge is 0.394 e. The molecular weight excluding hydrogens is 254 g/mol. The van der Waals surface area contributed by atoms with Crippen LogP contribution in [-0.4, -0.2) is 37.4 Å². The van der Waals surface area contributed by atoms with Gasteiger partial charge in [0.1, 0.15) is 0 Å². The highest BCUT2D eigenvalue weighted by Crippen LogP contribution is 2.15. The maximum Gasteiger partial charge on any atom is 0.244 e. The molecule has 98 valence electrons. The number of hydrogen-bond donors (Lipinski definition) is 2. The van der Waals surface area contributed by atoms with Gasteiger partial charge in [-0.25, -0.2) is 0 Å². The van der Waals surface area contributed by atoms with Gasteiger partial charge in [0.05, 0.1) is 19.3 Å². The fraction of sp³-hybridized carbons (Fsp3) is 0.308. The Morgan fingerprint density at radius 3 is 2.89 bits per heavy atom. The SMILES string of the molecule is COCC(CO)NC(=O)/C=C/c1ccccc1Cl. The number of carbonyl (C=O) groups excluding carboxylic acids is 1. The molecule has 0 bridgehead atoms. The summed E-state index contributed by atoms with van der Waals surface area (Å²) in [5.41, 5.74) is 0.765. The second kappa shape index (κ2) is 7.87. The van der Waals surface area contributed by atoms with Gasteiger partial charge in [0.2, 0.25) is 5.91 Å². The van der Waals surface area contributed by atoms with Gasteiger partial charge in [0, 0.05) is 18.2 Å². The fourth-order valence-electron chi connectivity index (χ4n) is 1.37. The van der Waals surface area contributed by atoms with E-state index in [-0.39, 0.29) is 19.1 Å². The molecule has 0 heterocycles. The van der Waals surface area contributed by atoms with E-state index in [1.54, 1.807) is 12.1 Å². The third kappa shape index (κ3) is 4.87. The second-order valence-corrected chi connectivity index (χ2v) is 4.11. The van der Waals surface area contributed by atoms with Crippen molar-refractivity contribution < 1.29 is 14.6 Å². The van der Waals surface area contributed by atoms with Crippen LogP contribution in [0.4, 0.5) is 0 Å². The summed E-state index contributed by atoms with van der Waals surface area (Å²) >= 11 is 5.95. The molecule has 1 atom stereocenters. The van der Waals surface area contributed by atoms with Gasteiger partial charge >= 0.3 is 0 Å². The summed E-state index contributed by atoms with van der Waals surface area (Å²) in [6.45, 7) is 0.0989. The molecule has 0 aliphatic heterocycles. The Balaban J connectivity index is 2.57. The third-order valence-corrected chi connectivity index (χ3v) is 2.60. The number of benzene rings is 1. The molecule has 0 fully saturated rings. The normalized spacial score (nSPS) is 12.6. The van der Waals surface area contributed by atoms with Crippen molar-refractivity contribution >= 4 is 23.6 Å². The number of rotatable bonds is 6. The number of aliphatic hydroxyl groups is 1. The minimum atomic E-state index is -0.404. The number of halogens is 1. The lowest BCUT2D eigenvalue weighted by Gasteiger charge is -2.13. The molecule has 5 heteroatoms. The van der Waals surface area contributed by atoms with Crippen molar-refractivity contribution in [1.29, 1.82) is 0 Å². The first-order chi connectivity index (χ1) is 8.67. The monoisotopic (exact) mass is 269 g/mol. The Kier molecular flexibility index (Phi) is 6.43. The first-order valence-corrected chi connectivity index (χ1v) is 5.88. The van der Waals surface area contributed by atoms with Crippen LogP contribution in [0.1, 0.15) is 5.56 Å². The quantitative estimate of drug-likeness (QED) is 0.769. The molecular formula is C13H16ClNO3. The van der Waals surface area contributed by atoms with E-state index < -0.39 is 6.04 Å². The Hall–Kier alpha value is -1.36. The van der Waals surface area contributed by atoms with Crippen LogP contribution in [0.25, 0.3) is 6.08 Å². The molecule has 1 rings (SSSR count). The van der Waals surface area contributed by atoms with Crippen molar-refractivity contribution in [3.63, 3.8) is 0 Å². The zero-order valence-electron chi connectivity index (χ0n) is 10.1. The van der Waals surface area contributed by atoms with E-state index in [0.717, 1.165) is 5.56 Å². The summed E-state index contributed by atoms with van der Waals surface area (Å²) in [5.74, 6) is -0.300. The lowest BCUT2D eigenvalue weighted by molar-refractivity contribution is -0.117. The van der Waals surface area contributed by atoms with Gasteiger partial charge in [-0.05, 0) is 17.7 Å². The topological polar surface area (TPSA) is 58.6 Å². The van der Waals surface area contributed by atoms with Crippen LogP contribution < -0.4 is 5.32 Å². The Morgan fingerprint density at radius 1 is 1.56 bits per heavy atom. The Labute approximate surface area is 111 Å². The van der Waals surface area contributed by atoms with E-state index in [1.165, 1.54) is 13.2 Å². The van der Waals surface area contributed by atoms with Crippen molar-refractivity contribution in [2.45, 2.75) is 6.04 Å². The molecule has 0 aromatic heterocycles. The zero-order chi connectivity index (χ0) is 13.4. The first-order valence-electron chi connectivity index (χ1n) is 5.50. The van der Waals surface area contributed by atoms with Crippen molar-refractivity contribution in [2.24, 2.45) is 0 Å². The van der Waals surface area contributed by atoms with E-state index >= 15 is 0 Å². The number of carbonyl (C=O) groups is 1. The molecule has 1 amide bonds. The lowest BCUT2D eigenvalue weighted by Crippen LogP contribution is -2.39. The van der Waals surface area contributed by atoms with Crippen molar-refractivity contribution in [1.82, 2.24) is 5.32 Å². The molecule has 0 saturated carbocycles. The highest BCUT2D eigenvalue weighted by molar-refractivity contribution is 6.32. The predicted octanol–water partition coefficient (Wildman–Crippen LogP) is 1.48. The maximum atomic E-state index is 11.6. The molecule has 0 aliphatic carbocycles. The average molecular weight is 270 g/mol. The molecule has 0 aliphatic rings. The smallest absolute Gasteiger partial charge is 0.244 e. The van der Waals surface area contributed by atoms with Crippen LogP contribution in [0.2, 0.25) is 5.02 Å². The third-order valence-electron chi connectivity index (χ3n) is 2.25. The molecule has 0 radical (unpaired) electrons. The highest BCUT2D eigenvalue weighted by atomic mass is 35.5. The Bertz CT molecular complexity index is 420. The maximum absolute atomic E-state index is 11.6. The van der Waals surface area contributed by atoms with Crippen LogP contribution in [-0.2, 0) is 9.53 Å². The van der Waals surface area contributed by atoms with Gasteiger partial charge in [-0.1, -0.05) is 29.8 Å². The number of aliphatic hydroxyl groups excluding tert-OH is 1. The highest BCUT2D eigenvalue weighted by Gasteiger charge is 2.08. The molecule has 0 saturated heterocycles. The number of nitrogens with one attached hydrogen (secondary N) is 1.